The molecule has 3 N–H and O–H groups in total. The van der Waals surface area contributed by atoms with Gasteiger partial charge in [0.05, 0.1) is 5.56 Å². The fourth-order valence-corrected chi connectivity index (χ4v) is 2.63. The van der Waals surface area contributed by atoms with Crippen LogP contribution in [0.4, 0.5) is 4.39 Å². The van der Waals surface area contributed by atoms with Crippen molar-refractivity contribution in [3.8, 4) is 0 Å². The molecule has 0 spiro atoms. The Hall–Kier alpha value is -1.63. The smallest absolute Gasteiger partial charge is 0.256 e. The molecule has 1 amide bonds. The standard InChI is InChI=1S/C13H15BrFN3O2/c14-9-1-2-10(11(15)7-9)13(19)18-5-3-8(4-6-18)12(16)17-20/h1-2,7-8,20H,3-6H2,(H2,16,17). The number of carbonyl (C=O) groups is 1. The molecule has 20 heavy (non-hydrogen) atoms. The van der Waals surface area contributed by atoms with Crippen LogP contribution in [0, 0.1) is 11.7 Å². The summed E-state index contributed by atoms with van der Waals surface area (Å²) in [5, 5.41) is 11.6. The van der Waals surface area contributed by atoms with Gasteiger partial charge in [-0.25, -0.2) is 4.39 Å². The third-order valence-corrected chi connectivity index (χ3v) is 3.97. The number of benzene rings is 1. The zero-order valence-corrected chi connectivity index (χ0v) is 12.3. The van der Waals surface area contributed by atoms with Crippen molar-refractivity contribution in [1.29, 1.82) is 0 Å². The zero-order chi connectivity index (χ0) is 14.7. The molecule has 0 aromatic heterocycles. The zero-order valence-electron chi connectivity index (χ0n) is 10.7. The second-order valence-electron chi connectivity index (χ2n) is 4.72. The predicted molar refractivity (Wildman–Crippen MR) is 76.1 cm³/mol. The minimum Gasteiger partial charge on any atom is -0.409 e. The molecule has 1 aliphatic rings. The second kappa shape index (κ2) is 6.21. The van der Waals surface area contributed by atoms with E-state index in [4.69, 9.17) is 10.9 Å². The average molecular weight is 344 g/mol. The van der Waals surface area contributed by atoms with Crippen molar-refractivity contribution in [2.45, 2.75) is 12.8 Å². The number of hydrogen-bond acceptors (Lipinski definition) is 3. The molecule has 1 aromatic rings. The van der Waals surface area contributed by atoms with Crippen LogP contribution in [0.5, 0.6) is 0 Å². The van der Waals surface area contributed by atoms with Crippen molar-refractivity contribution in [2.24, 2.45) is 16.8 Å². The molecule has 7 heteroatoms. The molecule has 1 fully saturated rings. The van der Waals surface area contributed by atoms with Gasteiger partial charge in [-0.15, -0.1) is 0 Å². The number of amides is 1. The van der Waals surface area contributed by atoms with E-state index in [1.165, 1.54) is 12.1 Å². The van der Waals surface area contributed by atoms with Gasteiger partial charge < -0.3 is 15.8 Å². The lowest BCUT2D eigenvalue weighted by Gasteiger charge is -2.31. The number of rotatable bonds is 2. The van der Waals surface area contributed by atoms with E-state index in [2.05, 4.69) is 21.1 Å². The normalized spacial score (nSPS) is 17.3. The monoisotopic (exact) mass is 343 g/mol. The summed E-state index contributed by atoms with van der Waals surface area (Å²) in [6.45, 7) is 0.935. The Morgan fingerprint density at radius 2 is 2.10 bits per heavy atom. The third-order valence-electron chi connectivity index (χ3n) is 3.48. The lowest BCUT2D eigenvalue weighted by atomic mass is 9.95. The number of oxime groups is 1. The maximum Gasteiger partial charge on any atom is 0.256 e. The van der Waals surface area contributed by atoms with Crippen LogP contribution in [0.25, 0.3) is 0 Å². The quantitative estimate of drug-likeness (QED) is 0.374. The highest BCUT2D eigenvalue weighted by atomic mass is 79.9. The van der Waals surface area contributed by atoms with Crippen LogP contribution in [0.1, 0.15) is 23.2 Å². The summed E-state index contributed by atoms with van der Waals surface area (Å²) in [5.41, 5.74) is 5.62. The molecule has 0 aliphatic carbocycles. The Bertz CT molecular complexity index is 542. The van der Waals surface area contributed by atoms with Crippen LogP contribution in [0.2, 0.25) is 0 Å². The van der Waals surface area contributed by atoms with Crippen LogP contribution in [0.3, 0.4) is 0 Å². The van der Waals surface area contributed by atoms with Gasteiger partial charge in [-0.05, 0) is 31.0 Å². The number of hydrogen-bond donors (Lipinski definition) is 2. The van der Waals surface area contributed by atoms with Gasteiger partial charge >= 0.3 is 0 Å². The summed E-state index contributed by atoms with van der Waals surface area (Å²) < 4.78 is 14.4. The van der Waals surface area contributed by atoms with Crippen molar-refractivity contribution in [3.63, 3.8) is 0 Å². The summed E-state index contributed by atoms with van der Waals surface area (Å²) in [7, 11) is 0. The maximum absolute atomic E-state index is 13.8. The van der Waals surface area contributed by atoms with E-state index >= 15 is 0 Å². The highest BCUT2D eigenvalue weighted by Crippen LogP contribution is 2.21. The molecule has 108 valence electrons. The summed E-state index contributed by atoms with van der Waals surface area (Å²) in [4.78, 5) is 13.8. The molecule has 5 nitrogen and oxygen atoms in total. The first-order valence-corrected chi connectivity index (χ1v) is 7.04. The summed E-state index contributed by atoms with van der Waals surface area (Å²) >= 11 is 3.16. The molecule has 0 unspecified atom stereocenters. The molecule has 0 atom stereocenters. The minimum atomic E-state index is -0.539. The molecule has 1 aromatic carbocycles. The fourth-order valence-electron chi connectivity index (χ4n) is 2.29. The number of halogens is 2. The molecule has 1 saturated heterocycles. The SMILES string of the molecule is NC(=NO)C1CCN(C(=O)c2ccc(Br)cc2F)CC1. The lowest BCUT2D eigenvalue weighted by Crippen LogP contribution is -2.42. The fraction of sp³-hybridized carbons (Fsp3) is 0.385. The number of carbonyl (C=O) groups excluding carboxylic acids is 1. The molecule has 0 saturated carbocycles. The summed E-state index contributed by atoms with van der Waals surface area (Å²) in [6.07, 6.45) is 1.22. The molecular formula is C13H15BrFN3O2. The van der Waals surface area contributed by atoms with Gasteiger partial charge in [0.1, 0.15) is 11.7 Å². The Kier molecular flexibility index (Phi) is 4.59. The molecular weight excluding hydrogens is 329 g/mol. The molecule has 1 heterocycles. The van der Waals surface area contributed by atoms with Crippen molar-refractivity contribution >= 4 is 27.7 Å². The van der Waals surface area contributed by atoms with E-state index in [1.54, 1.807) is 11.0 Å². The Morgan fingerprint density at radius 3 is 2.65 bits per heavy atom. The first kappa shape index (κ1) is 14.8. The van der Waals surface area contributed by atoms with E-state index in [0.29, 0.717) is 30.4 Å². The second-order valence-corrected chi connectivity index (χ2v) is 5.63. The van der Waals surface area contributed by atoms with E-state index in [0.717, 1.165) is 0 Å². The topological polar surface area (TPSA) is 78.9 Å². The average Bonchev–Trinajstić information content (AvgIpc) is 2.46. The van der Waals surface area contributed by atoms with Crippen LogP contribution in [0.15, 0.2) is 27.8 Å². The van der Waals surface area contributed by atoms with E-state index in [1.807, 2.05) is 0 Å². The molecule has 0 bridgehead atoms. The van der Waals surface area contributed by atoms with Gasteiger partial charge in [0, 0.05) is 23.5 Å². The minimum absolute atomic E-state index is 0.0289. The highest BCUT2D eigenvalue weighted by molar-refractivity contribution is 9.10. The number of piperidine rings is 1. The number of likely N-dealkylation sites (tertiary alicyclic amines) is 1. The van der Waals surface area contributed by atoms with Gasteiger partial charge in [-0.2, -0.15) is 0 Å². The van der Waals surface area contributed by atoms with Gasteiger partial charge in [0.25, 0.3) is 5.91 Å². The van der Waals surface area contributed by atoms with Gasteiger partial charge in [0.15, 0.2) is 0 Å². The first-order chi connectivity index (χ1) is 9.52. The highest BCUT2D eigenvalue weighted by Gasteiger charge is 2.27. The van der Waals surface area contributed by atoms with Gasteiger partial charge in [-0.1, -0.05) is 21.1 Å². The largest absolute Gasteiger partial charge is 0.409 e. The van der Waals surface area contributed by atoms with Crippen LogP contribution >= 0.6 is 15.9 Å². The Balaban J connectivity index is 2.05. The Labute approximate surface area is 124 Å². The number of amidine groups is 1. The summed E-state index contributed by atoms with van der Waals surface area (Å²) in [6, 6.07) is 4.38. The first-order valence-electron chi connectivity index (χ1n) is 6.24. The van der Waals surface area contributed by atoms with Crippen LogP contribution in [-0.2, 0) is 0 Å². The van der Waals surface area contributed by atoms with Crippen molar-refractivity contribution in [3.05, 3.63) is 34.1 Å². The van der Waals surface area contributed by atoms with E-state index < -0.39 is 5.82 Å². The summed E-state index contributed by atoms with van der Waals surface area (Å²) in [5.74, 6) is -0.707. The number of nitrogens with two attached hydrogens (primary N) is 1. The number of nitrogens with zero attached hydrogens (tertiary/aromatic N) is 2. The lowest BCUT2D eigenvalue weighted by molar-refractivity contribution is 0.0704. The maximum atomic E-state index is 13.8. The van der Waals surface area contributed by atoms with E-state index in [9.17, 15) is 9.18 Å². The van der Waals surface area contributed by atoms with E-state index in [-0.39, 0.29) is 23.2 Å². The van der Waals surface area contributed by atoms with Crippen molar-refractivity contribution in [2.75, 3.05) is 13.1 Å². The Morgan fingerprint density at radius 1 is 1.45 bits per heavy atom. The third kappa shape index (κ3) is 3.09. The van der Waals surface area contributed by atoms with Gasteiger partial charge in [-0.3, -0.25) is 4.79 Å². The predicted octanol–water partition coefficient (Wildman–Crippen LogP) is 2.19. The molecule has 0 radical (unpaired) electrons. The van der Waals surface area contributed by atoms with Crippen molar-refractivity contribution < 1.29 is 14.4 Å². The van der Waals surface area contributed by atoms with Crippen LogP contribution in [-0.4, -0.2) is 34.9 Å². The molecule has 1 aliphatic heterocycles. The molecule has 2 rings (SSSR count). The van der Waals surface area contributed by atoms with Crippen LogP contribution < -0.4 is 5.73 Å². The van der Waals surface area contributed by atoms with Crippen molar-refractivity contribution in [1.82, 2.24) is 4.90 Å². The van der Waals surface area contributed by atoms with Gasteiger partial charge in [0.2, 0.25) is 0 Å².